The maximum atomic E-state index is 12.7. The quantitative estimate of drug-likeness (QED) is 0.710. The number of fused-ring (bicyclic) bond motifs is 1. The third-order valence-corrected chi connectivity index (χ3v) is 6.30. The number of benzene rings is 2. The molecule has 2 aromatic rings. The minimum Gasteiger partial charge on any atom is -0.382 e. The lowest BCUT2D eigenvalue weighted by Gasteiger charge is -2.29. The molecule has 0 radical (unpaired) electrons. The molecule has 30 heavy (non-hydrogen) atoms. The Balaban J connectivity index is 2.09. The molecule has 4 heteroatoms. The van der Waals surface area contributed by atoms with Crippen LogP contribution in [-0.4, -0.2) is 33.0 Å². The van der Waals surface area contributed by atoms with Crippen LogP contribution < -0.4 is 0 Å². The molecule has 1 aliphatic carbocycles. The first-order valence-corrected chi connectivity index (χ1v) is 10.4. The second kappa shape index (κ2) is 6.86. The Hall–Kier alpha value is -2.30. The van der Waals surface area contributed by atoms with E-state index < -0.39 is 11.2 Å². The third kappa shape index (κ3) is 3.75. The fourth-order valence-corrected chi connectivity index (χ4v) is 4.76. The van der Waals surface area contributed by atoms with E-state index in [2.05, 4.69) is 20.8 Å². The Labute approximate surface area is 179 Å². The van der Waals surface area contributed by atoms with Crippen LogP contribution >= 0.6 is 0 Å². The van der Waals surface area contributed by atoms with Gasteiger partial charge < -0.3 is 10.2 Å². The van der Waals surface area contributed by atoms with Gasteiger partial charge in [-0.05, 0) is 62.3 Å². The van der Waals surface area contributed by atoms with Crippen LogP contribution in [0.4, 0.5) is 0 Å². The van der Waals surface area contributed by atoms with E-state index in [0.717, 1.165) is 17.5 Å². The first-order chi connectivity index (χ1) is 13.6. The summed E-state index contributed by atoms with van der Waals surface area (Å²) in [7, 11) is 0. The number of hydrogen-bond acceptors (Lipinski definition) is 4. The Morgan fingerprint density at radius 1 is 0.767 bits per heavy atom. The van der Waals surface area contributed by atoms with Gasteiger partial charge in [0.25, 0.3) is 0 Å². The van der Waals surface area contributed by atoms with Gasteiger partial charge in [0.15, 0.2) is 11.6 Å². The first kappa shape index (κ1) is 22.4. The fraction of sp³-hybridized carbons (Fsp3) is 0.462. The summed E-state index contributed by atoms with van der Waals surface area (Å²) in [5.41, 5.74) is 1.01. The lowest BCUT2D eigenvalue weighted by molar-refractivity contribution is 0.0487. The molecular weight excluding hydrogens is 376 g/mol. The topological polar surface area (TPSA) is 74.6 Å². The molecule has 0 unspecified atom stereocenters. The van der Waals surface area contributed by atoms with Gasteiger partial charge in [-0.3, -0.25) is 9.59 Å². The highest BCUT2D eigenvalue weighted by molar-refractivity contribution is 6.02. The summed E-state index contributed by atoms with van der Waals surface area (Å²) < 4.78 is 0. The van der Waals surface area contributed by atoms with Crippen molar-refractivity contribution in [2.45, 2.75) is 76.9 Å². The number of rotatable bonds is 5. The maximum Gasteiger partial charge on any atom is 0.193 e. The molecule has 2 N–H and O–H groups in total. The van der Waals surface area contributed by atoms with Crippen molar-refractivity contribution in [2.24, 2.45) is 0 Å². The SMILES string of the molecule is CC(C)(O)C(=O)c1ccc([C@@]2(C)CC(C)(C)c3ccc(C(=O)C(C)(C)O)cc32)cc1. The summed E-state index contributed by atoms with van der Waals surface area (Å²) in [5, 5.41) is 20.2. The molecule has 0 saturated heterocycles. The van der Waals surface area contributed by atoms with E-state index in [1.807, 2.05) is 24.3 Å². The predicted molar refractivity (Wildman–Crippen MR) is 118 cm³/mol. The molecule has 0 heterocycles. The van der Waals surface area contributed by atoms with E-state index in [9.17, 15) is 19.8 Å². The van der Waals surface area contributed by atoms with E-state index in [1.165, 1.54) is 33.3 Å². The van der Waals surface area contributed by atoms with E-state index in [4.69, 9.17) is 0 Å². The van der Waals surface area contributed by atoms with Gasteiger partial charge in [-0.15, -0.1) is 0 Å². The van der Waals surface area contributed by atoms with Crippen molar-refractivity contribution in [1.82, 2.24) is 0 Å². The highest BCUT2D eigenvalue weighted by atomic mass is 16.3. The molecule has 0 fully saturated rings. The van der Waals surface area contributed by atoms with Crippen molar-refractivity contribution in [3.8, 4) is 0 Å². The van der Waals surface area contributed by atoms with Gasteiger partial charge in [0.05, 0.1) is 0 Å². The number of Topliss-reactive ketones (excluding diaryl/α,β-unsaturated/α-hetero) is 2. The van der Waals surface area contributed by atoms with Gasteiger partial charge in [-0.25, -0.2) is 0 Å². The van der Waals surface area contributed by atoms with Gasteiger partial charge in [0.2, 0.25) is 0 Å². The highest BCUT2D eigenvalue weighted by Crippen LogP contribution is 2.53. The standard InChI is InChI=1S/C26H32O4/c1-23(2)15-26(7,18-11-8-16(9-12-18)21(27)24(3,4)29)20-14-17(10-13-19(20)23)22(28)25(5,6)30/h8-14,29-30H,15H2,1-7H3/t26-/m1/s1. The number of carbonyl (C=O) groups excluding carboxylic acids is 2. The summed E-state index contributed by atoms with van der Waals surface area (Å²) in [6.45, 7) is 12.5. The zero-order valence-corrected chi connectivity index (χ0v) is 19.0. The molecule has 0 amide bonds. The average Bonchev–Trinajstić information content (AvgIpc) is 2.85. The molecule has 160 valence electrons. The normalized spacial score (nSPS) is 20.7. The average molecular weight is 409 g/mol. The number of carbonyl (C=O) groups is 2. The van der Waals surface area contributed by atoms with Crippen LogP contribution in [0.1, 0.15) is 92.3 Å². The van der Waals surface area contributed by atoms with Gasteiger partial charge in [0, 0.05) is 16.5 Å². The summed E-state index contributed by atoms with van der Waals surface area (Å²) in [6.07, 6.45) is 0.855. The molecule has 0 bridgehead atoms. The Morgan fingerprint density at radius 3 is 1.73 bits per heavy atom. The predicted octanol–water partition coefficient (Wildman–Crippen LogP) is 4.58. The van der Waals surface area contributed by atoms with Crippen molar-refractivity contribution < 1.29 is 19.8 Å². The molecule has 3 rings (SSSR count). The Kier molecular flexibility index (Phi) is 5.12. The number of ketones is 2. The highest BCUT2D eigenvalue weighted by Gasteiger charge is 2.46. The van der Waals surface area contributed by atoms with E-state index in [-0.39, 0.29) is 22.4 Å². The Bertz CT molecular complexity index is 1000. The zero-order chi connectivity index (χ0) is 22.7. The zero-order valence-electron chi connectivity index (χ0n) is 19.0. The molecule has 0 spiro atoms. The summed E-state index contributed by atoms with van der Waals surface area (Å²) >= 11 is 0. The second-order valence-electron chi connectivity index (χ2n) is 10.5. The molecule has 1 atom stereocenters. The maximum absolute atomic E-state index is 12.7. The van der Waals surface area contributed by atoms with Crippen LogP contribution in [0.5, 0.6) is 0 Å². The molecule has 2 aromatic carbocycles. The first-order valence-electron chi connectivity index (χ1n) is 10.4. The lowest BCUT2D eigenvalue weighted by atomic mass is 9.74. The van der Waals surface area contributed by atoms with E-state index in [0.29, 0.717) is 11.1 Å². The lowest BCUT2D eigenvalue weighted by Crippen LogP contribution is -2.31. The third-order valence-electron chi connectivity index (χ3n) is 6.30. The van der Waals surface area contributed by atoms with Crippen LogP contribution in [0.25, 0.3) is 0 Å². The van der Waals surface area contributed by atoms with Crippen LogP contribution in [0.2, 0.25) is 0 Å². The van der Waals surface area contributed by atoms with Gasteiger partial charge in [-0.1, -0.05) is 57.2 Å². The fourth-order valence-electron chi connectivity index (χ4n) is 4.76. The van der Waals surface area contributed by atoms with E-state index >= 15 is 0 Å². The largest absolute Gasteiger partial charge is 0.382 e. The summed E-state index contributed by atoms with van der Waals surface area (Å²) in [4.78, 5) is 25.1. The summed E-state index contributed by atoms with van der Waals surface area (Å²) in [5.74, 6) is -0.618. The number of hydrogen-bond donors (Lipinski definition) is 2. The van der Waals surface area contributed by atoms with Crippen molar-refractivity contribution in [3.63, 3.8) is 0 Å². The van der Waals surface area contributed by atoms with Crippen molar-refractivity contribution >= 4 is 11.6 Å². The summed E-state index contributed by atoms with van der Waals surface area (Å²) in [6, 6.07) is 13.1. The van der Waals surface area contributed by atoms with Crippen LogP contribution in [-0.2, 0) is 10.8 Å². The minimum absolute atomic E-state index is 0.0814. The van der Waals surface area contributed by atoms with Crippen molar-refractivity contribution in [1.29, 1.82) is 0 Å². The molecule has 0 aliphatic heterocycles. The van der Waals surface area contributed by atoms with Crippen molar-refractivity contribution in [2.75, 3.05) is 0 Å². The second-order valence-corrected chi connectivity index (χ2v) is 10.5. The molecule has 4 nitrogen and oxygen atoms in total. The van der Waals surface area contributed by atoms with Crippen LogP contribution in [0, 0.1) is 0 Å². The molecule has 0 saturated carbocycles. The smallest absolute Gasteiger partial charge is 0.193 e. The minimum atomic E-state index is -1.43. The van der Waals surface area contributed by atoms with Gasteiger partial charge in [0.1, 0.15) is 11.2 Å². The van der Waals surface area contributed by atoms with Crippen LogP contribution in [0.3, 0.4) is 0 Å². The number of aliphatic hydroxyl groups is 2. The molecule has 0 aromatic heterocycles. The molecule has 1 aliphatic rings. The molecular formula is C26H32O4. The van der Waals surface area contributed by atoms with Gasteiger partial charge in [-0.2, -0.15) is 0 Å². The van der Waals surface area contributed by atoms with Crippen LogP contribution in [0.15, 0.2) is 42.5 Å². The monoisotopic (exact) mass is 408 g/mol. The van der Waals surface area contributed by atoms with Crippen molar-refractivity contribution in [3.05, 3.63) is 70.3 Å². The van der Waals surface area contributed by atoms with E-state index in [1.54, 1.807) is 18.2 Å². The Morgan fingerprint density at radius 2 is 1.23 bits per heavy atom. The van der Waals surface area contributed by atoms with Gasteiger partial charge >= 0.3 is 0 Å².